The molecule has 0 bridgehead atoms. The predicted molar refractivity (Wildman–Crippen MR) is 106 cm³/mol. The number of fused-ring (bicyclic) bond motifs is 1. The van der Waals surface area contributed by atoms with E-state index < -0.39 is 29.6 Å². The molecule has 0 unspecified atom stereocenters. The zero-order chi connectivity index (χ0) is 22.9. The van der Waals surface area contributed by atoms with Gasteiger partial charge in [0.2, 0.25) is 0 Å². The Hall–Kier alpha value is -3.80. The van der Waals surface area contributed by atoms with Crippen LogP contribution in [0.25, 0.3) is 0 Å². The van der Waals surface area contributed by atoms with Gasteiger partial charge in [-0.15, -0.1) is 0 Å². The SMILES string of the molecule is COC[C@H]1CN(c2ccc(C(F)(F)F)cc2)C(=O)c2c(C(=O)Nc3cnccn3)cnn21. The molecule has 4 rings (SSSR count). The summed E-state index contributed by atoms with van der Waals surface area (Å²) in [5.41, 5.74) is -0.567. The fraction of sp³-hybridized carbons (Fsp3) is 0.250. The Morgan fingerprint density at radius 2 is 1.97 bits per heavy atom. The van der Waals surface area contributed by atoms with Crippen molar-refractivity contribution in [3.63, 3.8) is 0 Å². The van der Waals surface area contributed by atoms with E-state index in [-0.39, 0.29) is 35.9 Å². The lowest BCUT2D eigenvalue weighted by molar-refractivity contribution is -0.137. The molecule has 0 aliphatic carbocycles. The molecule has 3 aromatic rings. The first kappa shape index (κ1) is 21.4. The molecule has 9 nitrogen and oxygen atoms in total. The van der Waals surface area contributed by atoms with E-state index in [4.69, 9.17) is 4.74 Å². The van der Waals surface area contributed by atoms with Crippen LogP contribution in [0.4, 0.5) is 24.7 Å². The van der Waals surface area contributed by atoms with Crippen molar-refractivity contribution in [1.82, 2.24) is 19.7 Å². The Bertz CT molecular complexity index is 1130. The van der Waals surface area contributed by atoms with E-state index in [2.05, 4.69) is 20.4 Å². The first-order valence-electron chi connectivity index (χ1n) is 9.42. The van der Waals surface area contributed by atoms with E-state index in [0.29, 0.717) is 0 Å². The van der Waals surface area contributed by atoms with Crippen LogP contribution < -0.4 is 10.2 Å². The Morgan fingerprint density at radius 3 is 2.59 bits per heavy atom. The molecule has 0 saturated carbocycles. The molecule has 166 valence electrons. The van der Waals surface area contributed by atoms with Gasteiger partial charge in [-0.1, -0.05) is 0 Å². The molecule has 1 aliphatic rings. The fourth-order valence-electron chi connectivity index (χ4n) is 3.43. The summed E-state index contributed by atoms with van der Waals surface area (Å²) in [5, 5.41) is 6.74. The molecular weight excluding hydrogens is 429 g/mol. The average Bonchev–Trinajstić information content (AvgIpc) is 3.22. The lowest BCUT2D eigenvalue weighted by Gasteiger charge is -2.33. The summed E-state index contributed by atoms with van der Waals surface area (Å²) in [4.78, 5) is 35.2. The van der Waals surface area contributed by atoms with Gasteiger partial charge < -0.3 is 15.0 Å². The maximum Gasteiger partial charge on any atom is 0.416 e. The highest BCUT2D eigenvalue weighted by Crippen LogP contribution is 2.33. The fourth-order valence-corrected chi connectivity index (χ4v) is 3.43. The number of nitrogens with one attached hydrogen (secondary N) is 1. The molecule has 1 aliphatic heterocycles. The first-order valence-corrected chi connectivity index (χ1v) is 9.42. The summed E-state index contributed by atoms with van der Waals surface area (Å²) >= 11 is 0. The zero-order valence-electron chi connectivity index (χ0n) is 16.7. The van der Waals surface area contributed by atoms with Gasteiger partial charge in [0, 0.05) is 25.2 Å². The number of halogens is 3. The smallest absolute Gasteiger partial charge is 0.382 e. The van der Waals surface area contributed by atoms with Gasteiger partial charge in [-0.25, -0.2) is 4.98 Å². The van der Waals surface area contributed by atoms with Crippen LogP contribution in [0.3, 0.4) is 0 Å². The van der Waals surface area contributed by atoms with Gasteiger partial charge in [-0.2, -0.15) is 18.3 Å². The van der Waals surface area contributed by atoms with Gasteiger partial charge in [0.1, 0.15) is 5.69 Å². The molecular formula is C20H17F3N6O3. The summed E-state index contributed by atoms with van der Waals surface area (Å²) < 4.78 is 45.4. The summed E-state index contributed by atoms with van der Waals surface area (Å²) in [6.07, 6.45) is 0.955. The van der Waals surface area contributed by atoms with Gasteiger partial charge in [0.15, 0.2) is 5.82 Å². The molecule has 1 atom stereocenters. The minimum absolute atomic E-state index is 0.000381. The largest absolute Gasteiger partial charge is 0.416 e. The Labute approximate surface area is 179 Å². The van der Waals surface area contributed by atoms with Crippen LogP contribution in [0.2, 0.25) is 0 Å². The van der Waals surface area contributed by atoms with Gasteiger partial charge in [0.05, 0.1) is 42.7 Å². The van der Waals surface area contributed by atoms with Gasteiger partial charge in [0.25, 0.3) is 11.8 Å². The third kappa shape index (κ3) is 4.04. The quantitative estimate of drug-likeness (QED) is 0.647. The Balaban J connectivity index is 1.69. The van der Waals surface area contributed by atoms with Crippen LogP contribution in [0.1, 0.15) is 32.5 Å². The molecule has 1 N–H and O–H groups in total. The molecule has 0 fully saturated rings. The number of hydrogen-bond donors (Lipinski definition) is 1. The van der Waals surface area contributed by atoms with Crippen molar-refractivity contribution in [3.8, 4) is 0 Å². The number of anilines is 2. The van der Waals surface area contributed by atoms with Crippen molar-refractivity contribution in [2.75, 3.05) is 30.5 Å². The predicted octanol–water partition coefficient (Wildman–Crippen LogP) is 2.79. The number of alkyl halides is 3. The zero-order valence-corrected chi connectivity index (χ0v) is 16.7. The molecule has 32 heavy (non-hydrogen) atoms. The number of rotatable bonds is 5. The number of carbonyl (C=O) groups is 2. The van der Waals surface area contributed by atoms with E-state index >= 15 is 0 Å². The highest BCUT2D eigenvalue weighted by Gasteiger charge is 2.37. The van der Waals surface area contributed by atoms with Crippen molar-refractivity contribution >= 4 is 23.3 Å². The van der Waals surface area contributed by atoms with Crippen molar-refractivity contribution in [1.29, 1.82) is 0 Å². The molecule has 3 heterocycles. The van der Waals surface area contributed by atoms with E-state index in [0.717, 1.165) is 12.1 Å². The van der Waals surface area contributed by atoms with Crippen LogP contribution >= 0.6 is 0 Å². The Kier molecular flexibility index (Phi) is 5.61. The molecule has 2 amide bonds. The number of nitrogens with zero attached hydrogens (tertiary/aromatic N) is 5. The van der Waals surface area contributed by atoms with Crippen LogP contribution in [-0.2, 0) is 10.9 Å². The van der Waals surface area contributed by atoms with Crippen molar-refractivity contribution < 1.29 is 27.5 Å². The van der Waals surface area contributed by atoms with E-state index in [1.54, 1.807) is 0 Å². The second kappa shape index (κ2) is 8.38. The van der Waals surface area contributed by atoms with E-state index in [1.807, 2.05) is 0 Å². The molecule has 12 heteroatoms. The van der Waals surface area contributed by atoms with Gasteiger partial charge >= 0.3 is 6.18 Å². The van der Waals surface area contributed by atoms with Crippen LogP contribution in [0.5, 0.6) is 0 Å². The molecule has 0 spiro atoms. The summed E-state index contributed by atoms with van der Waals surface area (Å²) in [7, 11) is 1.48. The van der Waals surface area contributed by atoms with Gasteiger partial charge in [-0.3, -0.25) is 19.3 Å². The summed E-state index contributed by atoms with van der Waals surface area (Å²) in [5.74, 6) is -1.00. The van der Waals surface area contributed by atoms with Crippen LogP contribution in [-0.4, -0.2) is 51.8 Å². The number of hydrogen-bond acceptors (Lipinski definition) is 6. The number of aromatic nitrogens is 4. The highest BCUT2D eigenvalue weighted by molar-refractivity contribution is 6.15. The van der Waals surface area contributed by atoms with Crippen molar-refractivity contribution in [3.05, 3.63) is 65.9 Å². The monoisotopic (exact) mass is 446 g/mol. The van der Waals surface area contributed by atoms with E-state index in [9.17, 15) is 22.8 Å². The van der Waals surface area contributed by atoms with Crippen LogP contribution in [0, 0.1) is 0 Å². The normalized spacial score (nSPS) is 16.1. The topological polar surface area (TPSA) is 102 Å². The third-order valence-electron chi connectivity index (χ3n) is 4.90. The second-order valence-corrected chi connectivity index (χ2v) is 6.97. The maximum atomic E-state index is 13.3. The minimum Gasteiger partial charge on any atom is -0.382 e. The van der Waals surface area contributed by atoms with E-state index in [1.165, 1.54) is 53.6 Å². The summed E-state index contributed by atoms with van der Waals surface area (Å²) in [6.45, 7) is 0.280. The summed E-state index contributed by atoms with van der Waals surface area (Å²) in [6, 6.07) is 3.79. The van der Waals surface area contributed by atoms with Crippen molar-refractivity contribution in [2.24, 2.45) is 0 Å². The molecule has 2 aromatic heterocycles. The number of ether oxygens (including phenoxy) is 1. The minimum atomic E-state index is -4.49. The lowest BCUT2D eigenvalue weighted by atomic mass is 10.1. The number of benzene rings is 1. The number of methoxy groups -OCH3 is 1. The molecule has 0 radical (unpaired) electrons. The highest BCUT2D eigenvalue weighted by atomic mass is 19.4. The molecule has 1 aromatic carbocycles. The van der Waals surface area contributed by atoms with Crippen molar-refractivity contribution in [2.45, 2.75) is 12.2 Å². The average molecular weight is 446 g/mol. The number of amides is 2. The lowest BCUT2D eigenvalue weighted by Crippen LogP contribution is -2.45. The van der Waals surface area contributed by atoms with Crippen LogP contribution in [0.15, 0.2) is 49.1 Å². The maximum absolute atomic E-state index is 13.3. The standard InChI is InChI=1S/C20H17F3N6O3/c1-32-11-14-10-28(13-4-2-12(3-5-13)20(21,22)23)19(31)17-15(8-26-29(14)17)18(30)27-16-9-24-6-7-25-16/h2-9,14H,10-11H2,1H3,(H,25,27,30)/t14-/m1/s1. The number of carbonyl (C=O) groups excluding carboxylic acids is 2. The Morgan fingerprint density at radius 1 is 1.22 bits per heavy atom. The second-order valence-electron chi connectivity index (χ2n) is 6.97. The molecule has 0 saturated heterocycles. The third-order valence-corrected chi connectivity index (χ3v) is 4.90. The first-order chi connectivity index (χ1) is 15.3. The van der Waals surface area contributed by atoms with Gasteiger partial charge in [-0.05, 0) is 24.3 Å².